The number of carboxylic acid groups (broad SMARTS) is 2. The van der Waals surface area contributed by atoms with E-state index in [0.29, 0.717) is 12.5 Å². The molecule has 8 nitrogen and oxygen atoms in total. The van der Waals surface area contributed by atoms with Gasteiger partial charge in [0.1, 0.15) is 0 Å². The van der Waals surface area contributed by atoms with E-state index >= 15 is 0 Å². The van der Waals surface area contributed by atoms with Gasteiger partial charge in [-0.3, -0.25) is 4.79 Å². The standard InChI is InChI=1S/C6H11N3.C5H8O5/c7-2-1-6-5-8-3-4-9-6;1-5(10,4(8)9)2-3(6)7/h6,8-9H,1,3-5H2;10H,2H2,1H3,(H,6,7)(H,8,9)/t6-;5-/m01/s1. The van der Waals surface area contributed by atoms with Gasteiger partial charge in [-0.1, -0.05) is 0 Å². The van der Waals surface area contributed by atoms with Crippen molar-refractivity contribution in [3.63, 3.8) is 0 Å². The Bertz CT molecular complexity index is 345. The molecule has 1 aliphatic rings. The summed E-state index contributed by atoms with van der Waals surface area (Å²) in [7, 11) is 0. The second-order valence-corrected chi connectivity index (χ2v) is 4.37. The van der Waals surface area contributed by atoms with Crippen LogP contribution in [0.4, 0.5) is 0 Å². The highest BCUT2D eigenvalue weighted by Gasteiger charge is 2.32. The minimum atomic E-state index is -2.16. The van der Waals surface area contributed by atoms with Gasteiger partial charge in [0.2, 0.25) is 0 Å². The van der Waals surface area contributed by atoms with E-state index in [1.54, 1.807) is 0 Å². The quantitative estimate of drug-likeness (QED) is 0.428. The van der Waals surface area contributed by atoms with Gasteiger partial charge in [0.25, 0.3) is 0 Å². The lowest BCUT2D eigenvalue weighted by atomic mass is 10.0. The molecule has 0 saturated carbocycles. The van der Waals surface area contributed by atoms with Crippen LogP contribution in [0.1, 0.15) is 19.8 Å². The first-order valence-corrected chi connectivity index (χ1v) is 5.78. The third kappa shape index (κ3) is 8.10. The van der Waals surface area contributed by atoms with Crippen LogP contribution >= 0.6 is 0 Å². The van der Waals surface area contributed by atoms with E-state index < -0.39 is 24.0 Å². The first-order valence-electron chi connectivity index (χ1n) is 5.78. The predicted molar refractivity (Wildman–Crippen MR) is 65.4 cm³/mol. The van der Waals surface area contributed by atoms with Gasteiger partial charge in [-0.2, -0.15) is 5.26 Å². The monoisotopic (exact) mass is 273 g/mol. The maximum absolute atomic E-state index is 10.0. The van der Waals surface area contributed by atoms with Crippen molar-refractivity contribution in [2.45, 2.75) is 31.4 Å². The Balaban J connectivity index is 0.000000342. The molecule has 0 radical (unpaired) electrons. The molecule has 1 rings (SSSR count). The van der Waals surface area contributed by atoms with Crippen LogP contribution in [0.3, 0.4) is 0 Å². The van der Waals surface area contributed by atoms with Crippen molar-refractivity contribution in [2.75, 3.05) is 19.6 Å². The summed E-state index contributed by atoms with van der Waals surface area (Å²) in [5.41, 5.74) is -2.16. The van der Waals surface area contributed by atoms with E-state index in [0.717, 1.165) is 26.6 Å². The number of nitrogens with zero attached hydrogens (tertiary/aromatic N) is 1. The Morgan fingerprint density at radius 3 is 2.37 bits per heavy atom. The third-order valence-electron chi connectivity index (χ3n) is 2.42. The summed E-state index contributed by atoms with van der Waals surface area (Å²) in [4.78, 5) is 19.9. The maximum Gasteiger partial charge on any atom is 0.335 e. The Hall–Kier alpha value is -1.69. The zero-order valence-electron chi connectivity index (χ0n) is 10.7. The molecule has 5 N–H and O–H groups in total. The summed E-state index contributed by atoms with van der Waals surface area (Å²) < 4.78 is 0. The molecule has 1 saturated heterocycles. The average molecular weight is 273 g/mol. The highest BCUT2D eigenvalue weighted by Crippen LogP contribution is 2.08. The van der Waals surface area contributed by atoms with Gasteiger partial charge in [-0.15, -0.1) is 0 Å². The lowest BCUT2D eigenvalue weighted by Crippen LogP contribution is -2.47. The molecule has 108 valence electrons. The van der Waals surface area contributed by atoms with Gasteiger partial charge >= 0.3 is 11.9 Å². The normalized spacial score (nSPS) is 21.2. The Morgan fingerprint density at radius 1 is 1.42 bits per heavy atom. The molecule has 1 heterocycles. The lowest BCUT2D eigenvalue weighted by molar-refractivity contribution is -0.163. The summed E-state index contributed by atoms with van der Waals surface area (Å²) >= 11 is 0. The number of hydrogen-bond donors (Lipinski definition) is 5. The summed E-state index contributed by atoms with van der Waals surface area (Å²) in [6.45, 7) is 3.89. The van der Waals surface area contributed by atoms with Gasteiger partial charge in [-0.05, 0) is 6.92 Å². The molecule has 0 bridgehead atoms. The fraction of sp³-hybridized carbons (Fsp3) is 0.727. The number of aliphatic hydroxyl groups is 1. The molecule has 0 amide bonds. The first-order chi connectivity index (χ1) is 8.79. The van der Waals surface area contributed by atoms with Gasteiger partial charge in [0.15, 0.2) is 5.60 Å². The van der Waals surface area contributed by atoms with Crippen molar-refractivity contribution in [2.24, 2.45) is 0 Å². The topological polar surface area (TPSA) is 143 Å². The van der Waals surface area contributed by atoms with Crippen LogP contribution in [0.2, 0.25) is 0 Å². The SMILES string of the molecule is C[C@@](O)(CC(=O)O)C(=O)O.N#CC[C@H]1CNCCN1. The molecule has 0 aromatic rings. The van der Waals surface area contributed by atoms with E-state index in [2.05, 4.69) is 16.7 Å². The zero-order chi connectivity index (χ0) is 14.9. The number of rotatable bonds is 4. The van der Waals surface area contributed by atoms with Crippen LogP contribution in [0.15, 0.2) is 0 Å². The van der Waals surface area contributed by atoms with Crippen molar-refractivity contribution >= 4 is 11.9 Å². The van der Waals surface area contributed by atoms with Crippen LogP contribution in [0.5, 0.6) is 0 Å². The van der Waals surface area contributed by atoms with Gasteiger partial charge < -0.3 is 26.0 Å². The Labute approximate surface area is 111 Å². The lowest BCUT2D eigenvalue weighted by Gasteiger charge is -2.21. The van der Waals surface area contributed by atoms with Crippen LogP contribution in [-0.4, -0.2) is 58.5 Å². The smallest absolute Gasteiger partial charge is 0.335 e. The largest absolute Gasteiger partial charge is 0.481 e. The van der Waals surface area contributed by atoms with E-state index in [1.165, 1.54) is 0 Å². The number of hydrogen-bond acceptors (Lipinski definition) is 6. The average Bonchev–Trinajstić information content (AvgIpc) is 2.29. The number of aliphatic carboxylic acids is 2. The maximum atomic E-state index is 10.0. The predicted octanol–water partition coefficient (Wildman–Crippen LogP) is -1.24. The fourth-order valence-corrected chi connectivity index (χ4v) is 1.34. The molecule has 0 aromatic carbocycles. The fourth-order valence-electron chi connectivity index (χ4n) is 1.34. The van der Waals surface area contributed by atoms with Gasteiger partial charge in [0, 0.05) is 25.7 Å². The minimum Gasteiger partial charge on any atom is -0.481 e. The molecule has 0 aromatic heterocycles. The molecule has 1 fully saturated rings. The first kappa shape index (κ1) is 17.3. The molecule has 0 spiro atoms. The number of piperazine rings is 1. The molecule has 8 heteroatoms. The van der Waals surface area contributed by atoms with Crippen molar-refractivity contribution in [1.29, 1.82) is 5.26 Å². The van der Waals surface area contributed by atoms with Crippen LogP contribution in [-0.2, 0) is 9.59 Å². The van der Waals surface area contributed by atoms with Crippen molar-refractivity contribution in [3.8, 4) is 6.07 Å². The summed E-state index contributed by atoms with van der Waals surface area (Å²) in [6, 6.07) is 2.51. The van der Waals surface area contributed by atoms with Crippen LogP contribution in [0, 0.1) is 11.3 Å². The number of nitriles is 1. The van der Waals surface area contributed by atoms with E-state index in [4.69, 9.17) is 20.6 Å². The Morgan fingerprint density at radius 2 is 2.05 bits per heavy atom. The summed E-state index contributed by atoms with van der Waals surface area (Å²) in [5, 5.41) is 39.8. The van der Waals surface area contributed by atoms with Crippen molar-refractivity contribution in [3.05, 3.63) is 0 Å². The summed E-state index contributed by atoms with van der Waals surface area (Å²) in [5.74, 6) is -2.87. The molecular weight excluding hydrogens is 254 g/mol. The van der Waals surface area contributed by atoms with Crippen molar-refractivity contribution in [1.82, 2.24) is 10.6 Å². The zero-order valence-corrected chi connectivity index (χ0v) is 10.7. The number of carboxylic acids is 2. The second-order valence-electron chi connectivity index (χ2n) is 4.37. The van der Waals surface area contributed by atoms with Crippen LogP contribution < -0.4 is 10.6 Å². The highest BCUT2D eigenvalue weighted by molar-refractivity contribution is 5.83. The van der Waals surface area contributed by atoms with Gasteiger partial charge in [0.05, 0.1) is 18.9 Å². The summed E-state index contributed by atoms with van der Waals surface area (Å²) in [6.07, 6.45) is -0.171. The second kappa shape index (κ2) is 8.42. The molecule has 0 aliphatic carbocycles. The van der Waals surface area contributed by atoms with E-state index in [-0.39, 0.29) is 0 Å². The molecule has 19 heavy (non-hydrogen) atoms. The molecular formula is C11H19N3O5. The van der Waals surface area contributed by atoms with E-state index in [1.807, 2.05) is 0 Å². The van der Waals surface area contributed by atoms with Crippen LogP contribution in [0.25, 0.3) is 0 Å². The minimum absolute atomic E-state index is 0.378. The highest BCUT2D eigenvalue weighted by atomic mass is 16.4. The van der Waals surface area contributed by atoms with Gasteiger partial charge in [-0.25, -0.2) is 4.79 Å². The molecule has 1 aliphatic heterocycles. The number of nitrogens with one attached hydrogen (secondary N) is 2. The Kier molecular flexibility index (Phi) is 7.67. The number of carbonyl (C=O) groups is 2. The van der Waals surface area contributed by atoms with Crippen molar-refractivity contribution < 1.29 is 24.9 Å². The molecule has 0 unspecified atom stereocenters. The third-order valence-corrected chi connectivity index (χ3v) is 2.42. The molecule has 2 atom stereocenters. The van der Waals surface area contributed by atoms with E-state index in [9.17, 15) is 9.59 Å².